The molecule has 1 N–H and O–H groups in total. The number of hydrogen-bond donors (Lipinski definition) is 1. The number of carbonyl (C=O) groups excluding carboxylic acids is 1. The zero-order valence-electron chi connectivity index (χ0n) is 15.9. The second kappa shape index (κ2) is 9.30. The largest absolute Gasteiger partial charge is 0.339 e. The Morgan fingerprint density at radius 2 is 1.83 bits per heavy atom. The molecule has 0 aliphatic rings. The topological polar surface area (TPSA) is 68.0 Å². The second-order valence-electron chi connectivity index (χ2n) is 6.71. The van der Waals surface area contributed by atoms with Crippen molar-refractivity contribution in [2.24, 2.45) is 0 Å². The predicted molar refractivity (Wildman–Crippen MR) is 115 cm³/mol. The van der Waals surface area contributed by atoms with Gasteiger partial charge in [0, 0.05) is 18.5 Å². The lowest BCUT2D eigenvalue weighted by Gasteiger charge is -2.11. The van der Waals surface area contributed by atoms with E-state index in [0.29, 0.717) is 31.0 Å². The third-order valence-electron chi connectivity index (χ3n) is 4.53. The number of rotatable bonds is 8. The van der Waals surface area contributed by atoms with Gasteiger partial charge in [-0.25, -0.2) is 0 Å². The predicted octanol–water partition coefficient (Wildman–Crippen LogP) is 5.35. The highest BCUT2D eigenvalue weighted by Gasteiger charge is 2.11. The molecule has 6 heteroatoms. The summed E-state index contributed by atoms with van der Waals surface area (Å²) in [5.74, 6) is 1.16. The molecule has 0 unspecified atom stereocenters. The minimum Gasteiger partial charge on any atom is -0.339 e. The molecular weight excluding hydrogens is 382 g/mol. The molecule has 4 aromatic rings. The third kappa shape index (κ3) is 5.18. The molecular formula is C23H21N3O2S. The van der Waals surface area contributed by atoms with Crippen LogP contribution in [0.2, 0.25) is 0 Å². The first-order chi connectivity index (χ1) is 14.3. The van der Waals surface area contributed by atoms with Crippen molar-refractivity contribution in [3.8, 4) is 10.7 Å². The highest BCUT2D eigenvalue weighted by Crippen LogP contribution is 2.22. The molecule has 146 valence electrons. The van der Waals surface area contributed by atoms with Gasteiger partial charge in [0.25, 0.3) is 0 Å². The van der Waals surface area contributed by atoms with Crippen molar-refractivity contribution >= 4 is 22.9 Å². The minimum atomic E-state index is -0.0106. The number of aromatic nitrogens is 2. The Labute approximate surface area is 173 Å². The number of para-hydroxylation sites is 1. The summed E-state index contributed by atoms with van der Waals surface area (Å²) in [6, 6.07) is 22.1. The van der Waals surface area contributed by atoms with E-state index in [1.807, 2.05) is 60.0 Å². The molecule has 0 saturated carbocycles. The van der Waals surface area contributed by atoms with Crippen molar-refractivity contribution in [1.29, 1.82) is 0 Å². The van der Waals surface area contributed by atoms with Crippen molar-refractivity contribution in [2.45, 2.75) is 25.7 Å². The van der Waals surface area contributed by atoms with Crippen molar-refractivity contribution in [3.63, 3.8) is 0 Å². The molecule has 29 heavy (non-hydrogen) atoms. The smallest absolute Gasteiger partial charge is 0.226 e. The van der Waals surface area contributed by atoms with Crippen LogP contribution in [-0.2, 0) is 17.6 Å². The van der Waals surface area contributed by atoms with Gasteiger partial charge in [0.2, 0.25) is 17.6 Å². The number of benzene rings is 2. The quantitative estimate of drug-likeness (QED) is 0.431. The summed E-state index contributed by atoms with van der Waals surface area (Å²) in [4.78, 5) is 17.8. The highest BCUT2D eigenvalue weighted by atomic mass is 32.1. The van der Waals surface area contributed by atoms with Crippen LogP contribution in [0.25, 0.3) is 10.7 Å². The zero-order chi connectivity index (χ0) is 19.9. The van der Waals surface area contributed by atoms with Crippen LogP contribution in [0.5, 0.6) is 0 Å². The summed E-state index contributed by atoms with van der Waals surface area (Å²) in [6.07, 6.45) is 2.41. The number of thiophene rings is 1. The van der Waals surface area contributed by atoms with E-state index in [2.05, 4.69) is 27.6 Å². The molecule has 1 amide bonds. The van der Waals surface area contributed by atoms with E-state index in [1.54, 1.807) is 11.3 Å². The second-order valence-corrected chi connectivity index (χ2v) is 7.66. The van der Waals surface area contributed by atoms with Gasteiger partial charge in [-0.05, 0) is 41.5 Å². The summed E-state index contributed by atoms with van der Waals surface area (Å²) in [7, 11) is 0. The maximum absolute atomic E-state index is 12.4. The highest BCUT2D eigenvalue weighted by molar-refractivity contribution is 7.13. The summed E-state index contributed by atoms with van der Waals surface area (Å²) in [6.45, 7) is 0. The SMILES string of the molecule is O=C(CCCc1nc(-c2cccs2)no1)Nc1ccccc1Cc1ccccc1. The normalized spacial score (nSPS) is 10.8. The van der Waals surface area contributed by atoms with Crippen LogP contribution in [0.15, 0.2) is 76.6 Å². The van der Waals surface area contributed by atoms with Crippen molar-refractivity contribution in [1.82, 2.24) is 10.1 Å². The van der Waals surface area contributed by atoms with E-state index in [4.69, 9.17) is 4.52 Å². The van der Waals surface area contributed by atoms with Gasteiger partial charge in [0.1, 0.15) is 0 Å². The minimum absolute atomic E-state index is 0.0106. The summed E-state index contributed by atoms with van der Waals surface area (Å²) in [5.41, 5.74) is 3.18. The van der Waals surface area contributed by atoms with E-state index in [-0.39, 0.29) is 5.91 Å². The maximum atomic E-state index is 12.4. The molecule has 0 fully saturated rings. The molecule has 2 aromatic carbocycles. The van der Waals surface area contributed by atoms with Crippen LogP contribution >= 0.6 is 11.3 Å². The first-order valence-corrected chi connectivity index (χ1v) is 10.4. The molecule has 0 bridgehead atoms. The molecule has 0 saturated heterocycles. The summed E-state index contributed by atoms with van der Waals surface area (Å²) >= 11 is 1.57. The van der Waals surface area contributed by atoms with Gasteiger partial charge in [0.15, 0.2) is 0 Å². The van der Waals surface area contributed by atoms with Gasteiger partial charge in [-0.15, -0.1) is 11.3 Å². The zero-order valence-corrected chi connectivity index (χ0v) is 16.7. The first-order valence-electron chi connectivity index (χ1n) is 9.56. The lowest BCUT2D eigenvalue weighted by molar-refractivity contribution is -0.116. The molecule has 0 aliphatic carbocycles. The van der Waals surface area contributed by atoms with E-state index < -0.39 is 0 Å². The van der Waals surface area contributed by atoms with Gasteiger partial charge in [-0.2, -0.15) is 4.98 Å². The fraction of sp³-hybridized carbons (Fsp3) is 0.174. The Balaban J connectivity index is 1.30. The molecule has 0 radical (unpaired) electrons. The van der Waals surface area contributed by atoms with Gasteiger partial charge in [-0.1, -0.05) is 59.8 Å². The molecule has 2 heterocycles. The Kier molecular flexibility index (Phi) is 6.12. The van der Waals surface area contributed by atoms with Crippen LogP contribution in [-0.4, -0.2) is 16.0 Å². The first kappa shape index (κ1) is 19.1. The molecule has 5 nitrogen and oxygen atoms in total. The van der Waals surface area contributed by atoms with Crippen molar-refractivity contribution in [3.05, 3.63) is 89.1 Å². The van der Waals surface area contributed by atoms with Crippen molar-refractivity contribution < 1.29 is 9.32 Å². The summed E-state index contributed by atoms with van der Waals surface area (Å²) < 4.78 is 5.29. The Bertz CT molecular complexity index is 1060. The Morgan fingerprint density at radius 3 is 2.66 bits per heavy atom. The van der Waals surface area contributed by atoms with E-state index in [9.17, 15) is 4.79 Å². The monoisotopic (exact) mass is 403 g/mol. The lowest BCUT2D eigenvalue weighted by atomic mass is 10.0. The van der Waals surface area contributed by atoms with E-state index >= 15 is 0 Å². The molecule has 0 atom stereocenters. The number of amides is 1. The molecule has 2 aromatic heterocycles. The van der Waals surface area contributed by atoms with Crippen LogP contribution in [0, 0.1) is 0 Å². The number of anilines is 1. The maximum Gasteiger partial charge on any atom is 0.226 e. The number of nitrogens with zero attached hydrogens (tertiary/aromatic N) is 2. The molecule has 4 rings (SSSR count). The van der Waals surface area contributed by atoms with Gasteiger partial charge in [-0.3, -0.25) is 4.79 Å². The number of aryl methyl sites for hydroxylation is 1. The fourth-order valence-corrected chi connectivity index (χ4v) is 3.74. The van der Waals surface area contributed by atoms with Crippen LogP contribution < -0.4 is 5.32 Å². The summed E-state index contributed by atoms with van der Waals surface area (Å²) in [5, 5.41) is 9.02. The lowest BCUT2D eigenvalue weighted by Crippen LogP contribution is -2.13. The van der Waals surface area contributed by atoms with Crippen molar-refractivity contribution in [2.75, 3.05) is 5.32 Å². The fourth-order valence-electron chi connectivity index (χ4n) is 3.09. The Morgan fingerprint density at radius 1 is 1.00 bits per heavy atom. The molecule has 0 spiro atoms. The van der Waals surface area contributed by atoms with Crippen LogP contribution in [0.1, 0.15) is 29.9 Å². The number of hydrogen-bond acceptors (Lipinski definition) is 5. The van der Waals surface area contributed by atoms with Gasteiger partial charge < -0.3 is 9.84 Å². The third-order valence-corrected chi connectivity index (χ3v) is 5.40. The number of carbonyl (C=O) groups is 1. The standard InChI is InChI=1S/C23H21N3O2S/c27-21(13-6-14-22-25-23(26-28-22)20-12-7-15-29-20)24-19-11-5-4-10-18(19)16-17-8-2-1-3-9-17/h1-5,7-12,15H,6,13-14,16H2,(H,24,27). The average Bonchev–Trinajstić information content (AvgIpc) is 3.42. The number of nitrogens with one attached hydrogen (secondary N) is 1. The average molecular weight is 404 g/mol. The van der Waals surface area contributed by atoms with Gasteiger partial charge >= 0.3 is 0 Å². The van der Waals surface area contributed by atoms with E-state index in [1.165, 1.54) is 5.56 Å². The molecule has 0 aliphatic heterocycles. The van der Waals surface area contributed by atoms with Crippen LogP contribution in [0.4, 0.5) is 5.69 Å². The Hall–Kier alpha value is -3.25. The van der Waals surface area contributed by atoms with E-state index in [0.717, 1.165) is 22.5 Å². The van der Waals surface area contributed by atoms with Crippen LogP contribution in [0.3, 0.4) is 0 Å². The van der Waals surface area contributed by atoms with Gasteiger partial charge in [0.05, 0.1) is 4.88 Å².